The molecule has 0 saturated carbocycles. The maximum atomic E-state index is 13.2. The third kappa shape index (κ3) is 3.18. The Hall–Kier alpha value is -3.40. The number of nitrogens with two attached hydrogens (primary N) is 1. The Bertz CT molecular complexity index is 1020. The molecule has 144 valence electrons. The normalized spacial score (nSPS) is 18.7. The number of rotatable bonds is 4. The van der Waals surface area contributed by atoms with Crippen LogP contribution in [0.5, 0.6) is 5.75 Å². The molecule has 0 fully saturated rings. The van der Waals surface area contributed by atoms with Gasteiger partial charge in [-0.25, -0.2) is 4.99 Å². The van der Waals surface area contributed by atoms with Crippen LogP contribution in [0.1, 0.15) is 29.2 Å². The van der Waals surface area contributed by atoms with E-state index in [1.807, 2.05) is 6.07 Å². The molecule has 2 aromatic rings. The van der Waals surface area contributed by atoms with Crippen molar-refractivity contribution in [3.63, 3.8) is 0 Å². The third-order valence-corrected chi connectivity index (χ3v) is 4.60. The molecule has 3 rings (SSSR count). The number of carbonyl (C=O) groups is 1. The lowest BCUT2D eigenvalue weighted by Gasteiger charge is -2.27. The molecule has 28 heavy (non-hydrogen) atoms. The Balaban J connectivity index is 2.22. The second-order valence-corrected chi connectivity index (χ2v) is 6.36. The molecule has 1 amide bonds. The van der Waals surface area contributed by atoms with Crippen molar-refractivity contribution in [2.75, 3.05) is 7.05 Å². The van der Waals surface area contributed by atoms with Crippen LogP contribution in [0.15, 0.2) is 47.5 Å². The van der Waals surface area contributed by atoms with Gasteiger partial charge in [-0.15, -0.1) is 5.92 Å². The van der Waals surface area contributed by atoms with E-state index in [1.54, 1.807) is 51.2 Å². The lowest BCUT2D eigenvalue weighted by Crippen LogP contribution is -2.41. The van der Waals surface area contributed by atoms with Crippen LogP contribution < -0.4 is 10.5 Å². The van der Waals surface area contributed by atoms with Crippen LogP contribution in [0, 0.1) is 18.8 Å². The molecule has 1 atom stereocenters. The number of nitrogens with zero attached hydrogens (tertiary/aromatic N) is 2. The van der Waals surface area contributed by atoms with E-state index in [2.05, 4.69) is 21.6 Å². The van der Waals surface area contributed by atoms with Gasteiger partial charge in [-0.05, 0) is 54.8 Å². The molecule has 2 N–H and O–H groups in total. The Kier molecular flexibility index (Phi) is 5.06. The Morgan fingerprint density at radius 2 is 1.93 bits per heavy atom. The highest BCUT2D eigenvalue weighted by Crippen LogP contribution is 2.41. The Labute approximate surface area is 161 Å². The van der Waals surface area contributed by atoms with Crippen molar-refractivity contribution in [3.8, 4) is 17.6 Å². The minimum absolute atomic E-state index is 0.0373. The van der Waals surface area contributed by atoms with Crippen molar-refractivity contribution >= 4 is 11.9 Å². The highest BCUT2D eigenvalue weighted by molar-refractivity contribution is 6.09. The number of likely N-dealkylation sites (N-methyl/N-ethyl adjacent to an activating group) is 1. The smallest absolute Gasteiger partial charge is 0.387 e. The van der Waals surface area contributed by atoms with E-state index in [-0.39, 0.29) is 17.6 Å². The van der Waals surface area contributed by atoms with Gasteiger partial charge in [0.15, 0.2) is 11.5 Å². The van der Waals surface area contributed by atoms with Crippen molar-refractivity contribution in [2.45, 2.75) is 26.0 Å². The number of aliphatic imine (C=N–C) groups is 1. The molecule has 0 spiro atoms. The lowest BCUT2D eigenvalue weighted by molar-refractivity contribution is -0.129. The topological polar surface area (TPSA) is 67.9 Å². The third-order valence-electron chi connectivity index (χ3n) is 4.60. The summed E-state index contributed by atoms with van der Waals surface area (Å²) in [6.07, 6.45) is 0. The number of carbonyl (C=O) groups excluding carboxylic acids is 1. The first-order valence-corrected chi connectivity index (χ1v) is 8.52. The quantitative estimate of drug-likeness (QED) is 0.826. The van der Waals surface area contributed by atoms with Crippen LogP contribution in [0.4, 0.5) is 8.78 Å². The highest BCUT2D eigenvalue weighted by Gasteiger charge is 2.49. The molecular formula is C21H19F2N3O2. The average molecular weight is 383 g/mol. The molecule has 2 aromatic carbocycles. The molecule has 7 heteroatoms. The van der Waals surface area contributed by atoms with Crippen LogP contribution in [-0.4, -0.2) is 30.4 Å². The molecule has 0 radical (unpaired) electrons. The van der Waals surface area contributed by atoms with Crippen molar-refractivity contribution in [2.24, 2.45) is 10.7 Å². The first kappa shape index (κ1) is 19.4. The highest BCUT2D eigenvalue weighted by atomic mass is 19.3. The Morgan fingerprint density at radius 1 is 1.21 bits per heavy atom. The fraction of sp³-hybridized carbons (Fsp3) is 0.238. The van der Waals surface area contributed by atoms with Gasteiger partial charge in [0.2, 0.25) is 0 Å². The predicted octanol–water partition coefficient (Wildman–Crippen LogP) is 3.00. The van der Waals surface area contributed by atoms with Crippen LogP contribution in [0.25, 0.3) is 0 Å². The van der Waals surface area contributed by atoms with Crippen molar-refractivity contribution in [1.29, 1.82) is 0 Å². The number of alkyl halides is 2. The van der Waals surface area contributed by atoms with Gasteiger partial charge < -0.3 is 10.5 Å². The number of benzene rings is 2. The minimum atomic E-state index is -2.93. The largest absolute Gasteiger partial charge is 0.435 e. The molecule has 1 heterocycles. The van der Waals surface area contributed by atoms with Crippen molar-refractivity contribution in [1.82, 2.24) is 4.90 Å². The molecule has 0 saturated heterocycles. The van der Waals surface area contributed by atoms with Gasteiger partial charge in [0.25, 0.3) is 5.91 Å². The zero-order valence-corrected chi connectivity index (χ0v) is 15.7. The molecule has 0 aromatic heterocycles. The fourth-order valence-corrected chi connectivity index (χ4v) is 3.25. The molecule has 1 unspecified atom stereocenters. The van der Waals surface area contributed by atoms with E-state index < -0.39 is 12.2 Å². The van der Waals surface area contributed by atoms with Crippen LogP contribution >= 0.6 is 0 Å². The maximum Gasteiger partial charge on any atom is 0.387 e. The summed E-state index contributed by atoms with van der Waals surface area (Å²) in [7, 11) is 1.54. The first-order valence-electron chi connectivity index (χ1n) is 8.52. The van der Waals surface area contributed by atoms with Gasteiger partial charge in [0, 0.05) is 12.6 Å². The van der Waals surface area contributed by atoms with E-state index >= 15 is 0 Å². The lowest BCUT2D eigenvalue weighted by atomic mass is 9.81. The minimum Gasteiger partial charge on any atom is -0.435 e. The van der Waals surface area contributed by atoms with E-state index in [9.17, 15) is 13.6 Å². The second-order valence-electron chi connectivity index (χ2n) is 6.36. The van der Waals surface area contributed by atoms with Crippen molar-refractivity contribution in [3.05, 3.63) is 64.7 Å². The number of ether oxygens (including phenoxy) is 1. The van der Waals surface area contributed by atoms with E-state index in [4.69, 9.17) is 5.73 Å². The predicted molar refractivity (Wildman–Crippen MR) is 102 cm³/mol. The summed E-state index contributed by atoms with van der Waals surface area (Å²) >= 11 is 0. The maximum absolute atomic E-state index is 13.2. The zero-order valence-electron chi connectivity index (χ0n) is 15.7. The second kappa shape index (κ2) is 7.31. The summed E-state index contributed by atoms with van der Waals surface area (Å²) in [5.74, 6) is 5.56. The first-order chi connectivity index (χ1) is 13.3. The molecule has 0 aliphatic carbocycles. The van der Waals surface area contributed by atoms with Gasteiger partial charge in [-0.3, -0.25) is 9.69 Å². The van der Waals surface area contributed by atoms with Gasteiger partial charge in [-0.1, -0.05) is 24.1 Å². The number of guanidine groups is 1. The van der Waals surface area contributed by atoms with E-state index in [1.165, 1.54) is 11.0 Å². The van der Waals surface area contributed by atoms with Crippen LogP contribution in [0.2, 0.25) is 0 Å². The standard InChI is InChI=1S/C21H19F2N3O2/c1-4-6-14-7-5-8-15(12-14)21(18(27)26(3)20(24)25-21)16-9-10-17(13(2)11-16)28-19(22)23/h5,7-12,19H,1-3H3,(H2,24,25). The summed E-state index contributed by atoms with van der Waals surface area (Å²) in [6, 6.07) is 11.7. The van der Waals surface area contributed by atoms with Crippen molar-refractivity contribution < 1.29 is 18.3 Å². The van der Waals surface area contributed by atoms with Gasteiger partial charge >= 0.3 is 6.61 Å². The number of hydrogen-bond acceptors (Lipinski definition) is 4. The monoisotopic (exact) mass is 383 g/mol. The number of amides is 1. The Morgan fingerprint density at radius 3 is 2.50 bits per heavy atom. The SMILES string of the molecule is CC#Cc1cccc(C2(c3ccc(OC(F)F)c(C)c3)N=C(N)N(C)C2=O)c1. The summed E-state index contributed by atoms with van der Waals surface area (Å²) in [4.78, 5) is 19.0. The molecule has 5 nitrogen and oxygen atoms in total. The molecule has 1 aliphatic rings. The average Bonchev–Trinajstić information content (AvgIpc) is 2.88. The fourth-order valence-electron chi connectivity index (χ4n) is 3.25. The summed E-state index contributed by atoms with van der Waals surface area (Å²) < 4.78 is 29.7. The zero-order chi connectivity index (χ0) is 20.5. The van der Waals surface area contributed by atoms with Gasteiger partial charge in [0.1, 0.15) is 5.75 Å². The van der Waals surface area contributed by atoms with E-state index in [0.717, 1.165) is 5.56 Å². The van der Waals surface area contributed by atoms with Crippen LogP contribution in [0.3, 0.4) is 0 Å². The summed E-state index contributed by atoms with van der Waals surface area (Å²) in [6.45, 7) is 0.415. The number of aryl methyl sites for hydroxylation is 1. The van der Waals surface area contributed by atoms with Gasteiger partial charge in [-0.2, -0.15) is 8.78 Å². The van der Waals surface area contributed by atoms with Crippen LogP contribution in [-0.2, 0) is 10.3 Å². The molecule has 0 bridgehead atoms. The summed E-state index contributed by atoms with van der Waals surface area (Å²) in [5, 5.41) is 0. The number of hydrogen-bond donors (Lipinski definition) is 1. The van der Waals surface area contributed by atoms with E-state index in [0.29, 0.717) is 16.7 Å². The molecule has 1 aliphatic heterocycles. The van der Waals surface area contributed by atoms with Gasteiger partial charge in [0.05, 0.1) is 0 Å². The summed E-state index contributed by atoms with van der Waals surface area (Å²) in [5.41, 5.74) is 6.81. The molecular weight excluding hydrogens is 364 g/mol. The number of halogens is 2.